The van der Waals surface area contributed by atoms with Gasteiger partial charge in [-0.3, -0.25) is 9.59 Å². The zero-order chi connectivity index (χ0) is 20.1. The summed E-state index contributed by atoms with van der Waals surface area (Å²) in [7, 11) is 0. The van der Waals surface area contributed by atoms with Crippen LogP contribution in [-0.2, 0) is 4.79 Å². The van der Waals surface area contributed by atoms with Crippen molar-refractivity contribution in [3.8, 4) is 0 Å². The molecule has 5 heteroatoms. The summed E-state index contributed by atoms with van der Waals surface area (Å²) in [4.78, 5) is 26.6. The zero-order valence-corrected chi connectivity index (χ0v) is 16.2. The molecule has 5 nitrogen and oxygen atoms in total. The Balaban J connectivity index is 1.24. The van der Waals surface area contributed by atoms with Crippen LogP contribution in [0.5, 0.6) is 0 Å². The second kappa shape index (κ2) is 8.78. The van der Waals surface area contributed by atoms with Gasteiger partial charge in [0.1, 0.15) is 5.58 Å². The highest BCUT2D eigenvalue weighted by atomic mass is 16.3. The lowest BCUT2D eigenvalue weighted by atomic mass is 9.96. The molecule has 0 aliphatic carbocycles. The van der Waals surface area contributed by atoms with E-state index >= 15 is 0 Å². The fourth-order valence-corrected chi connectivity index (χ4v) is 3.62. The Morgan fingerprint density at radius 1 is 1.03 bits per heavy atom. The summed E-state index contributed by atoms with van der Waals surface area (Å²) in [6.07, 6.45) is 5.11. The Morgan fingerprint density at radius 3 is 2.52 bits per heavy atom. The number of piperidine rings is 1. The number of carbonyl (C=O) groups is 2. The number of rotatable bonds is 5. The summed E-state index contributed by atoms with van der Waals surface area (Å²) in [6, 6.07) is 19.2. The number of furan rings is 1. The summed E-state index contributed by atoms with van der Waals surface area (Å²) in [6.45, 7) is 1.98. The summed E-state index contributed by atoms with van der Waals surface area (Å²) in [5.74, 6) is 0.622. The van der Waals surface area contributed by atoms with Gasteiger partial charge in [-0.1, -0.05) is 48.5 Å². The third-order valence-electron chi connectivity index (χ3n) is 5.33. The minimum Gasteiger partial charge on any atom is -0.451 e. The highest BCUT2D eigenvalue weighted by Gasteiger charge is 2.25. The molecule has 1 aromatic heterocycles. The average Bonchev–Trinajstić information content (AvgIpc) is 3.21. The van der Waals surface area contributed by atoms with Crippen LogP contribution >= 0.6 is 0 Å². The molecule has 2 heterocycles. The molecule has 1 fully saturated rings. The first-order valence-electron chi connectivity index (χ1n) is 9.98. The molecule has 3 aromatic rings. The Labute approximate surface area is 170 Å². The van der Waals surface area contributed by atoms with Gasteiger partial charge < -0.3 is 14.6 Å². The Hall–Kier alpha value is -3.34. The highest BCUT2D eigenvalue weighted by Crippen LogP contribution is 2.23. The number of likely N-dealkylation sites (tertiary alicyclic amines) is 1. The maximum Gasteiger partial charge on any atom is 0.289 e. The first-order chi connectivity index (χ1) is 14.2. The van der Waals surface area contributed by atoms with Crippen molar-refractivity contribution in [2.75, 3.05) is 19.6 Å². The van der Waals surface area contributed by atoms with Crippen LogP contribution in [0.2, 0.25) is 0 Å². The molecule has 0 saturated carbocycles. The summed E-state index contributed by atoms with van der Waals surface area (Å²) >= 11 is 0. The predicted molar refractivity (Wildman–Crippen MR) is 113 cm³/mol. The van der Waals surface area contributed by atoms with Crippen LogP contribution in [0.15, 0.2) is 71.2 Å². The van der Waals surface area contributed by atoms with Crippen molar-refractivity contribution in [1.29, 1.82) is 0 Å². The van der Waals surface area contributed by atoms with E-state index in [1.54, 1.807) is 6.08 Å². The molecule has 29 heavy (non-hydrogen) atoms. The van der Waals surface area contributed by atoms with Crippen molar-refractivity contribution in [1.82, 2.24) is 10.2 Å². The van der Waals surface area contributed by atoms with Crippen LogP contribution in [0.1, 0.15) is 29.0 Å². The van der Waals surface area contributed by atoms with Gasteiger partial charge >= 0.3 is 0 Å². The van der Waals surface area contributed by atoms with Crippen molar-refractivity contribution in [3.63, 3.8) is 0 Å². The lowest BCUT2D eigenvalue weighted by Gasteiger charge is -2.31. The van der Waals surface area contributed by atoms with Gasteiger partial charge in [-0.05, 0) is 42.5 Å². The lowest BCUT2D eigenvalue weighted by molar-refractivity contribution is -0.116. The van der Waals surface area contributed by atoms with Gasteiger partial charge in [-0.2, -0.15) is 0 Å². The molecule has 1 aliphatic rings. The van der Waals surface area contributed by atoms with Gasteiger partial charge in [0.15, 0.2) is 5.76 Å². The molecule has 1 N–H and O–H groups in total. The molecular weight excluding hydrogens is 364 g/mol. The van der Waals surface area contributed by atoms with Gasteiger partial charge in [0.05, 0.1) is 0 Å². The minimum atomic E-state index is -0.0883. The molecule has 4 rings (SSSR count). The monoisotopic (exact) mass is 388 g/mol. The molecule has 0 spiro atoms. The topological polar surface area (TPSA) is 62.6 Å². The number of amides is 2. The second-order valence-electron chi connectivity index (χ2n) is 7.37. The second-order valence-corrected chi connectivity index (χ2v) is 7.37. The van der Waals surface area contributed by atoms with E-state index in [0.29, 0.717) is 31.3 Å². The molecule has 148 valence electrons. The number of hydrogen-bond donors (Lipinski definition) is 1. The molecular formula is C24H24N2O3. The van der Waals surface area contributed by atoms with Crippen LogP contribution in [0.4, 0.5) is 0 Å². The van der Waals surface area contributed by atoms with E-state index in [4.69, 9.17) is 4.42 Å². The fraction of sp³-hybridized carbons (Fsp3) is 0.250. The van der Waals surface area contributed by atoms with Gasteiger partial charge in [-0.25, -0.2) is 0 Å². The Kier molecular flexibility index (Phi) is 5.75. The summed E-state index contributed by atoms with van der Waals surface area (Å²) < 4.78 is 5.70. The van der Waals surface area contributed by atoms with Gasteiger partial charge in [0, 0.05) is 31.1 Å². The Morgan fingerprint density at radius 2 is 1.76 bits per heavy atom. The molecule has 0 radical (unpaired) electrons. The number of carbonyl (C=O) groups excluding carboxylic acids is 2. The fourth-order valence-electron chi connectivity index (χ4n) is 3.62. The standard InChI is InChI=1S/C24H24N2O3/c27-23(11-10-18-6-2-1-3-7-18)25-17-19-12-14-26(15-13-19)24(28)22-16-20-8-4-5-9-21(20)29-22/h1-11,16,19H,12-15,17H2,(H,25,27)/b11-10+. The smallest absolute Gasteiger partial charge is 0.289 e. The first-order valence-corrected chi connectivity index (χ1v) is 9.98. The molecule has 2 amide bonds. The highest BCUT2D eigenvalue weighted by molar-refractivity contribution is 5.96. The first kappa shape index (κ1) is 19.0. The van der Waals surface area contributed by atoms with Crippen LogP contribution in [-0.4, -0.2) is 36.3 Å². The Bertz CT molecular complexity index is 982. The van der Waals surface area contributed by atoms with Crippen LogP contribution < -0.4 is 5.32 Å². The quantitative estimate of drug-likeness (QED) is 0.669. The average molecular weight is 388 g/mol. The van der Waals surface area contributed by atoms with Crippen LogP contribution in [0.25, 0.3) is 17.0 Å². The van der Waals surface area contributed by atoms with E-state index in [0.717, 1.165) is 29.4 Å². The van der Waals surface area contributed by atoms with Gasteiger partial charge in [0.2, 0.25) is 5.91 Å². The molecule has 0 atom stereocenters. The zero-order valence-electron chi connectivity index (χ0n) is 16.2. The van der Waals surface area contributed by atoms with Crippen molar-refractivity contribution < 1.29 is 14.0 Å². The van der Waals surface area contributed by atoms with Crippen LogP contribution in [0.3, 0.4) is 0 Å². The molecule has 1 aliphatic heterocycles. The van der Waals surface area contributed by atoms with E-state index in [2.05, 4.69) is 5.32 Å². The number of nitrogens with one attached hydrogen (secondary N) is 1. The number of para-hydroxylation sites is 1. The summed E-state index contributed by atoms with van der Waals surface area (Å²) in [5.41, 5.74) is 1.73. The third-order valence-corrected chi connectivity index (χ3v) is 5.33. The SMILES string of the molecule is O=C(/C=C/c1ccccc1)NCC1CCN(C(=O)c2cc3ccccc3o2)CC1. The normalized spacial score (nSPS) is 15.1. The van der Waals surface area contributed by atoms with Crippen molar-refractivity contribution >= 4 is 28.9 Å². The third kappa shape index (κ3) is 4.74. The van der Waals surface area contributed by atoms with Crippen molar-refractivity contribution in [2.45, 2.75) is 12.8 Å². The van der Waals surface area contributed by atoms with E-state index in [1.165, 1.54) is 0 Å². The number of fused-ring (bicyclic) bond motifs is 1. The lowest BCUT2D eigenvalue weighted by Crippen LogP contribution is -2.41. The van der Waals surface area contributed by atoms with Crippen molar-refractivity contribution in [3.05, 3.63) is 78.1 Å². The maximum absolute atomic E-state index is 12.7. The molecule has 0 bridgehead atoms. The number of benzene rings is 2. The number of nitrogens with zero attached hydrogens (tertiary/aromatic N) is 1. The van der Waals surface area contributed by atoms with E-state index < -0.39 is 0 Å². The number of hydrogen-bond acceptors (Lipinski definition) is 3. The van der Waals surface area contributed by atoms with E-state index in [9.17, 15) is 9.59 Å². The maximum atomic E-state index is 12.7. The van der Waals surface area contributed by atoms with E-state index in [1.807, 2.05) is 71.6 Å². The van der Waals surface area contributed by atoms with Gasteiger partial charge in [-0.15, -0.1) is 0 Å². The predicted octanol–water partition coefficient (Wildman–Crippen LogP) is 4.11. The van der Waals surface area contributed by atoms with Gasteiger partial charge in [0.25, 0.3) is 5.91 Å². The summed E-state index contributed by atoms with van der Waals surface area (Å²) in [5, 5.41) is 3.91. The minimum absolute atomic E-state index is 0.0607. The molecule has 1 saturated heterocycles. The largest absolute Gasteiger partial charge is 0.451 e. The van der Waals surface area contributed by atoms with E-state index in [-0.39, 0.29) is 11.8 Å². The molecule has 2 aromatic carbocycles. The van der Waals surface area contributed by atoms with Crippen molar-refractivity contribution in [2.24, 2.45) is 5.92 Å². The van der Waals surface area contributed by atoms with Crippen LogP contribution in [0, 0.1) is 5.92 Å². The molecule has 0 unspecified atom stereocenters.